The first-order valence-corrected chi connectivity index (χ1v) is 7.86. The molecular formula is C17H28N2O. The Hall–Kier alpha value is -1.06. The molecule has 2 unspecified atom stereocenters. The van der Waals surface area contributed by atoms with E-state index in [1.165, 1.54) is 24.9 Å². The second kappa shape index (κ2) is 7.65. The number of rotatable bonds is 6. The second-order valence-corrected chi connectivity index (χ2v) is 5.93. The first-order valence-electron chi connectivity index (χ1n) is 7.86. The van der Waals surface area contributed by atoms with E-state index in [0.29, 0.717) is 12.6 Å². The lowest BCUT2D eigenvalue weighted by Gasteiger charge is -2.37. The topological polar surface area (TPSA) is 38.5 Å². The van der Waals surface area contributed by atoms with Gasteiger partial charge in [-0.05, 0) is 62.9 Å². The summed E-state index contributed by atoms with van der Waals surface area (Å²) >= 11 is 0. The van der Waals surface area contributed by atoms with Gasteiger partial charge in [-0.15, -0.1) is 0 Å². The molecule has 0 aliphatic carbocycles. The Labute approximate surface area is 123 Å². The summed E-state index contributed by atoms with van der Waals surface area (Å²) in [6, 6.07) is 8.99. The maximum atomic E-state index is 5.85. The van der Waals surface area contributed by atoms with Gasteiger partial charge in [0.15, 0.2) is 0 Å². The van der Waals surface area contributed by atoms with Crippen LogP contribution in [0.2, 0.25) is 0 Å². The van der Waals surface area contributed by atoms with Crippen LogP contribution < -0.4 is 10.5 Å². The van der Waals surface area contributed by atoms with Gasteiger partial charge < -0.3 is 10.5 Å². The number of benzene rings is 1. The number of hydrogen-bond donors (Lipinski definition) is 1. The number of hydrogen-bond acceptors (Lipinski definition) is 3. The van der Waals surface area contributed by atoms with E-state index in [0.717, 1.165) is 31.2 Å². The molecule has 0 bridgehead atoms. The second-order valence-electron chi connectivity index (χ2n) is 5.93. The summed E-state index contributed by atoms with van der Waals surface area (Å²) in [5, 5.41) is 0. The molecule has 3 nitrogen and oxygen atoms in total. The van der Waals surface area contributed by atoms with E-state index in [9.17, 15) is 0 Å². The molecular weight excluding hydrogens is 248 g/mol. The maximum Gasteiger partial charge on any atom is 0.119 e. The fraction of sp³-hybridized carbons (Fsp3) is 0.647. The van der Waals surface area contributed by atoms with Gasteiger partial charge in [0.1, 0.15) is 12.4 Å². The van der Waals surface area contributed by atoms with Crippen molar-refractivity contribution >= 4 is 0 Å². The van der Waals surface area contributed by atoms with Crippen LogP contribution in [0, 0.1) is 5.92 Å². The Morgan fingerprint density at radius 1 is 1.25 bits per heavy atom. The standard InChI is InChI=1S/C17H28N2O/c1-14-4-3-11-19(15(14)2)12-13-20-17-7-5-16(6-8-17)9-10-18/h5-8,14-15H,3-4,9-13,18H2,1-2H3. The molecule has 0 radical (unpaired) electrons. The quantitative estimate of drug-likeness (QED) is 0.868. The smallest absolute Gasteiger partial charge is 0.119 e. The van der Waals surface area contributed by atoms with Crippen molar-refractivity contribution in [2.75, 3.05) is 26.2 Å². The van der Waals surface area contributed by atoms with Gasteiger partial charge in [-0.3, -0.25) is 4.90 Å². The van der Waals surface area contributed by atoms with Gasteiger partial charge in [0.25, 0.3) is 0 Å². The summed E-state index contributed by atoms with van der Waals surface area (Å²) in [4.78, 5) is 2.55. The van der Waals surface area contributed by atoms with E-state index in [1.54, 1.807) is 0 Å². The van der Waals surface area contributed by atoms with Crippen LogP contribution >= 0.6 is 0 Å². The average molecular weight is 276 g/mol. The molecule has 2 rings (SSSR count). The van der Waals surface area contributed by atoms with Crippen LogP contribution in [-0.4, -0.2) is 37.2 Å². The molecule has 1 heterocycles. The zero-order valence-corrected chi connectivity index (χ0v) is 12.8. The van der Waals surface area contributed by atoms with E-state index >= 15 is 0 Å². The molecule has 112 valence electrons. The minimum Gasteiger partial charge on any atom is -0.492 e. The molecule has 0 spiro atoms. The maximum absolute atomic E-state index is 5.85. The molecule has 1 aromatic carbocycles. The molecule has 20 heavy (non-hydrogen) atoms. The lowest BCUT2D eigenvalue weighted by Crippen LogP contribution is -2.44. The monoisotopic (exact) mass is 276 g/mol. The molecule has 0 aromatic heterocycles. The van der Waals surface area contributed by atoms with Crippen molar-refractivity contribution in [3.63, 3.8) is 0 Å². The SMILES string of the molecule is CC1CCCN(CCOc2ccc(CCN)cc2)C1C. The Kier molecular flexibility index (Phi) is 5.86. The summed E-state index contributed by atoms with van der Waals surface area (Å²) in [5.74, 6) is 1.77. The van der Waals surface area contributed by atoms with Crippen molar-refractivity contribution in [3.05, 3.63) is 29.8 Å². The van der Waals surface area contributed by atoms with Crippen LogP contribution in [-0.2, 0) is 6.42 Å². The highest BCUT2D eigenvalue weighted by Crippen LogP contribution is 2.22. The summed E-state index contributed by atoms with van der Waals surface area (Å²) < 4.78 is 5.85. The molecule has 2 atom stereocenters. The minimum absolute atomic E-state index is 0.680. The normalized spacial score (nSPS) is 23.8. The van der Waals surface area contributed by atoms with Crippen molar-refractivity contribution in [1.29, 1.82) is 0 Å². The summed E-state index contributed by atoms with van der Waals surface area (Å²) in [6.45, 7) is 8.40. The zero-order chi connectivity index (χ0) is 14.4. The molecule has 1 fully saturated rings. The number of nitrogens with two attached hydrogens (primary N) is 1. The van der Waals surface area contributed by atoms with E-state index in [-0.39, 0.29) is 0 Å². The first kappa shape index (κ1) is 15.3. The predicted octanol–water partition coefficient (Wildman–Crippen LogP) is 2.69. The van der Waals surface area contributed by atoms with Crippen molar-refractivity contribution in [2.24, 2.45) is 11.7 Å². The highest BCUT2D eigenvalue weighted by atomic mass is 16.5. The Bertz CT molecular complexity index is 390. The molecule has 1 saturated heterocycles. The molecule has 3 heteroatoms. The van der Waals surface area contributed by atoms with Gasteiger partial charge in [-0.2, -0.15) is 0 Å². The highest BCUT2D eigenvalue weighted by Gasteiger charge is 2.23. The van der Waals surface area contributed by atoms with Gasteiger partial charge in [0.05, 0.1) is 0 Å². The third kappa shape index (κ3) is 4.22. The molecule has 1 aliphatic rings. The van der Waals surface area contributed by atoms with Gasteiger partial charge >= 0.3 is 0 Å². The van der Waals surface area contributed by atoms with Crippen LogP contribution in [0.15, 0.2) is 24.3 Å². The Morgan fingerprint density at radius 3 is 2.70 bits per heavy atom. The van der Waals surface area contributed by atoms with E-state index in [1.807, 2.05) is 12.1 Å². The van der Waals surface area contributed by atoms with Crippen molar-refractivity contribution < 1.29 is 4.74 Å². The van der Waals surface area contributed by atoms with Crippen LogP contribution in [0.5, 0.6) is 5.75 Å². The third-order valence-corrected chi connectivity index (χ3v) is 4.51. The summed E-state index contributed by atoms with van der Waals surface area (Å²) in [5.41, 5.74) is 6.83. The molecule has 0 saturated carbocycles. The van der Waals surface area contributed by atoms with Gasteiger partial charge in [-0.1, -0.05) is 19.1 Å². The van der Waals surface area contributed by atoms with Crippen LogP contribution in [0.3, 0.4) is 0 Å². The molecule has 0 amide bonds. The largest absolute Gasteiger partial charge is 0.492 e. The van der Waals surface area contributed by atoms with Crippen molar-refractivity contribution in [2.45, 2.75) is 39.2 Å². The van der Waals surface area contributed by atoms with E-state index in [4.69, 9.17) is 10.5 Å². The third-order valence-electron chi connectivity index (χ3n) is 4.51. The number of likely N-dealkylation sites (tertiary alicyclic amines) is 1. The van der Waals surface area contributed by atoms with Gasteiger partial charge in [-0.25, -0.2) is 0 Å². The predicted molar refractivity (Wildman–Crippen MR) is 84.1 cm³/mol. The first-order chi connectivity index (χ1) is 9.70. The minimum atomic E-state index is 0.680. The Morgan fingerprint density at radius 2 is 2.00 bits per heavy atom. The highest BCUT2D eigenvalue weighted by molar-refractivity contribution is 5.27. The number of ether oxygens (including phenoxy) is 1. The fourth-order valence-electron chi connectivity index (χ4n) is 2.94. The summed E-state index contributed by atoms with van der Waals surface area (Å²) in [6.07, 6.45) is 3.61. The van der Waals surface area contributed by atoms with Crippen molar-refractivity contribution in [3.8, 4) is 5.75 Å². The molecule has 1 aromatic rings. The fourth-order valence-corrected chi connectivity index (χ4v) is 2.94. The molecule has 1 aliphatic heterocycles. The lowest BCUT2D eigenvalue weighted by atomic mass is 9.92. The van der Waals surface area contributed by atoms with E-state index < -0.39 is 0 Å². The van der Waals surface area contributed by atoms with E-state index in [2.05, 4.69) is 30.9 Å². The van der Waals surface area contributed by atoms with Gasteiger partial charge in [0.2, 0.25) is 0 Å². The zero-order valence-electron chi connectivity index (χ0n) is 12.8. The lowest BCUT2D eigenvalue weighted by molar-refractivity contribution is 0.0958. The number of piperidine rings is 1. The molecule has 2 N–H and O–H groups in total. The van der Waals surface area contributed by atoms with Crippen molar-refractivity contribution in [1.82, 2.24) is 4.90 Å². The number of nitrogens with zero attached hydrogens (tertiary/aromatic N) is 1. The van der Waals surface area contributed by atoms with Crippen LogP contribution in [0.25, 0.3) is 0 Å². The summed E-state index contributed by atoms with van der Waals surface area (Å²) in [7, 11) is 0. The van der Waals surface area contributed by atoms with Gasteiger partial charge in [0, 0.05) is 12.6 Å². The Balaban J connectivity index is 1.75. The van der Waals surface area contributed by atoms with Crippen LogP contribution in [0.4, 0.5) is 0 Å². The van der Waals surface area contributed by atoms with Crippen LogP contribution in [0.1, 0.15) is 32.3 Å². The average Bonchev–Trinajstić information content (AvgIpc) is 2.46.